The molecule has 2 N–H and O–H groups in total. The van der Waals surface area contributed by atoms with Crippen LogP contribution in [0, 0.1) is 5.82 Å². The summed E-state index contributed by atoms with van der Waals surface area (Å²) in [5, 5.41) is 3.19. The lowest BCUT2D eigenvalue weighted by atomic mass is 10.2. The fourth-order valence-corrected chi connectivity index (χ4v) is 3.19. The van der Waals surface area contributed by atoms with Crippen LogP contribution in [0.15, 0.2) is 23.1 Å². The summed E-state index contributed by atoms with van der Waals surface area (Å²) in [6.45, 7) is 4.07. The van der Waals surface area contributed by atoms with Crippen molar-refractivity contribution in [2.75, 3.05) is 0 Å². The van der Waals surface area contributed by atoms with Crippen molar-refractivity contribution in [3.63, 3.8) is 0 Å². The number of benzene rings is 1. The molecule has 0 bridgehead atoms. The molecule has 20 heavy (non-hydrogen) atoms. The maximum absolute atomic E-state index is 13.7. The number of nitrogens with one attached hydrogen (secondary N) is 2. The Hall–Kier alpha value is -0.980. The second kappa shape index (κ2) is 6.20. The van der Waals surface area contributed by atoms with Gasteiger partial charge < -0.3 is 5.32 Å². The highest BCUT2D eigenvalue weighted by atomic mass is 32.2. The average Bonchev–Trinajstić information content (AvgIpc) is 3.21. The molecule has 4 nitrogen and oxygen atoms in total. The molecular formula is C14H21FN2O2S. The van der Waals surface area contributed by atoms with Crippen molar-refractivity contribution in [2.24, 2.45) is 0 Å². The molecule has 0 radical (unpaired) electrons. The third kappa shape index (κ3) is 4.01. The Labute approximate surface area is 119 Å². The molecule has 1 atom stereocenters. The first kappa shape index (κ1) is 15.4. The van der Waals surface area contributed by atoms with E-state index in [9.17, 15) is 12.8 Å². The minimum Gasteiger partial charge on any atom is -0.310 e. The van der Waals surface area contributed by atoms with Crippen LogP contribution in [0.5, 0.6) is 0 Å². The summed E-state index contributed by atoms with van der Waals surface area (Å²) in [6.07, 6.45) is 2.92. The van der Waals surface area contributed by atoms with Gasteiger partial charge in [-0.15, -0.1) is 0 Å². The second-order valence-corrected chi connectivity index (χ2v) is 7.05. The molecule has 1 aliphatic rings. The molecule has 1 saturated carbocycles. The lowest BCUT2D eigenvalue weighted by molar-refractivity contribution is 0.553. The largest absolute Gasteiger partial charge is 0.310 e. The van der Waals surface area contributed by atoms with E-state index in [2.05, 4.69) is 10.0 Å². The van der Waals surface area contributed by atoms with Crippen LogP contribution in [0.2, 0.25) is 0 Å². The molecule has 0 aromatic heterocycles. The highest BCUT2D eigenvalue weighted by molar-refractivity contribution is 7.89. The van der Waals surface area contributed by atoms with Gasteiger partial charge in [-0.1, -0.05) is 6.92 Å². The molecule has 1 aromatic rings. The van der Waals surface area contributed by atoms with E-state index < -0.39 is 10.0 Å². The highest BCUT2D eigenvalue weighted by Gasteiger charge is 2.22. The molecule has 0 heterocycles. The SMILES string of the molecule is CCC(C)NS(=O)(=O)c1ccc(F)c(CNC2CC2)c1. The van der Waals surface area contributed by atoms with Crippen molar-refractivity contribution in [2.45, 2.75) is 56.6 Å². The second-order valence-electron chi connectivity index (χ2n) is 5.34. The van der Waals surface area contributed by atoms with Crippen LogP contribution in [0.3, 0.4) is 0 Å². The van der Waals surface area contributed by atoms with Gasteiger partial charge in [0.2, 0.25) is 10.0 Å². The number of hydrogen-bond donors (Lipinski definition) is 2. The summed E-state index contributed by atoms with van der Waals surface area (Å²) in [7, 11) is -3.58. The first-order valence-corrected chi connectivity index (χ1v) is 8.45. The highest BCUT2D eigenvalue weighted by Crippen LogP contribution is 2.21. The van der Waals surface area contributed by atoms with Gasteiger partial charge >= 0.3 is 0 Å². The fraction of sp³-hybridized carbons (Fsp3) is 0.571. The third-order valence-electron chi connectivity index (χ3n) is 3.45. The minimum absolute atomic E-state index is 0.117. The normalized spacial score (nSPS) is 17.1. The Morgan fingerprint density at radius 1 is 1.40 bits per heavy atom. The number of rotatable bonds is 7. The van der Waals surface area contributed by atoms with Crippen molar-refractivity contribution in [3.05, 3.63) is 29.6 Å². The van der Waals surface area contributed by atoms with Crippen molar-refractivity contribution >= 4 is 10.0 Å². The van der Waals surface area contributed by atoms with E-state index in [1.807, 2.05) is 6.92 Å². The minimum atomic E-state index is -3.58. The summed E-state index contributed by atoms with van der Waals surface area (Å²) < 4.78 is 40.6. The van der Waals surface area contributed by atoms with Gasteiger partial charge in [0.15, 0.2) is 0 Å². The molecule has 1 aromatic carbocycles. The molecule has 112 valence electrons. The van der Waals surface area contributed by atoms with Crippen LogP contribution in [-0.2, 0) is 16.6 Å². The molecule has 0 saturated heterocycles. The average molecular weight is 300 g/mol. The number of sulfonamides is 1. The van der Waals surface area contributed by atoms with Crippen LogP contribution in [0.1, 0.15) is 38.7 Å². The van der Waals surface area contributed by atoms with E-state index in [0.29, 0.717) is 24.6 Å². The first-order valence-electron chi connectivity index (χ1n) is 6.96. The van der Waals surface area contributed by atoms with E-state index >= 15 is 0 Å². The van der Waals surface area contributed by atoms with E-state index in [1.165, 1.54) is 18.2 Å². The molecule has 6 heteroatoms. The predicted octanol–water partition coefficient (Wildman–Crippen LogP) is 2.15. The number of hydrogen-bond acceptors (Lipinski definition) is 3. The molecule has 0 amide bonds. The van der Waals surface area contributed by atoms with Crippen molar-refractivity contribution in [1.29, 1.82) is 0 Å². The van der Waals surface area contributed by atoms with E-state index in [4.69, 9.17) is 0 Å². The molecule has 1 unspecified atom stereocenters. The predicted molar refractivity (Wildman–Crippen MR) is 76.3 cm³/mol. The standard InChI is InChI=1S/C14H21FN2O2S/c1-3-10(2)17-20(18,19)13-6-7-14(15)11(8-13)9-16-12-4-5-12/h6-8,10,12,16-17H,3-5,9H2,1-2H3. The molecule has 0 aliphatic heterocycles. The molecule has 0 spiro atoms. The van der Waals surface area contributed by atoms with Gasteiger partial charge in [-0.3, -0.25) is 0 Å². The van der Waals surface area contributed by atoms with Crippen LogP contribution in [-0.4, -0.2) is 20.5 Å². The van der Waals surface area contributed by atoms with Gasteiger partial charge in [0.25, 0.3) is 0 Å². The van der Waals surface area contributed by atoms with Crippen LogP contribution in [0.25, 0.3) is 0 Å². The van der Waals surface area contributed by atoms with Gasteiger partial charge in [0.05, 0.1) is 4.90 Å². The monoisotopic (exact) mass is 300 g/mol. The number of halogens is 1. The van der Waals surface area contributed by atoms with Gasteiger partial charge in [-0.2, -0.15) is 0 Å². The van der Waals surface area contributed by atoms with Crippen LogP contribution < -0.4 is 10.0 Å². The van der Waals surface area contributed by atoms with E-state index in [0.717, 1.165) is 12.8 Å². The zero-order valence-electron chi connectivity index (χ0n) is 11.8. The smallest absolute Gasteiger partial charge is 0.240 e. The molecular weight excluding hydrogens is 279 g/mol. The quantitative estimate of drug-likeness (QED) is 0.811. The summed E-state index contributed by atoms with van der Waals surface area (Å²) in [5.41, 5.74) is 0.393. The zero-order chi connectivity index (χ0) is 14.8. The Morgan fingerprint density at radius 3 is 2.70 bits per heavy atom. The molecule has 2 rings (SSSR count). The van der Waals surface area contributed by atoms with Crippen LogP contribution >= 0.6 is 0 Å². The lowest BCUT2D eigenvalue weighted by Crippen LogP contribution is -2.32. The van der Waals surface area contributed by atoms with Gasteiger partial charge in [-0.05, 0) is 44.4 Å². The Morgan fingerprint density at radius 2 is 2.10 bits per heavy atom. The Kier molecular flexibility index (Phi) is 4.78. The Balaban J connectivity index is 2.16. The summed E-state index contributed by atoms with van der Waals surface area (Å²) >= 11 is 0. The molecule has 1 aliphatic carbocycles. The molecule has 1 fully saturated rings. The fourth-order valence-electron chi connectivity index (χ4n) is 1.81. The van der Waals surface area contributed by atoms with Gasteiger partial charge in [-0.25, -0.2) is 17.5 Å². The van der Waals surface area contributed by atoms with Crippen molar-refractivity contribution < 1.29 is 12.8 Å². The third-order valence-corrected chi connectivity index (χ3v) is 5.04. The summed E-state index contributed by atoms with van der Waals surface area (Å²) in [4.78, 5) is 0.117. The van der Waals surface area contributed by atoms with Crippen molar-refractivity contribution in [1.82, 2.24) is 10.0 Å². The van der Waals surface area contributed by atoms with Crippen LogP contribution in [0.4, 0.5) is 4.39 Å². The van der Waals surface area contributed by atoms with E-state index in [1.54, 1.807) is 6.92 Å². The van der Waals surface area contributed by atoms with E-state index in [-0.39, 0.29) is 16.8 Å². The maximum Gasteiger partial charge on any atom is 0.240 e. The summed E-state index contributed by atoms with van der Waals surface area (Å²) in [6, 6.07) is 4.25. The first-order chi connectivity index (χ1) is 9.42. The Bertz CT molecular complexity index is 571. The zero-order valence-corrected chi connectivity index (χ0v) is 12.6. The lowest BCUT2D eigenvalue weighted by Gasteiger charge is -2.13. The van der Waals surface area contributed by atoms with Gasteiger partial charge in [0.1, 0.15) is 5.82 Å². The topological polar surface area (TPSA) is 58.2 Å². The summed E-state index contributed by atoms with van der Waals surface area (Å²) in [5.74, 6) is -0.374. The van der Waals surface area contributed by atoms with Crippen molar-refractivity contribution in [3.8, 4) is 0 Å². The van der Waals surface area contributed by atoms with Gasteiger partial charge in [0, 0.05) is 24.2 Å². The maximum atomic E-state index is 13.7.